The third-order valence-corrected chi connectivity index (χ3v) is 8.77. The van der Waals surface area contributed by atoms with E-state index in [1.54, 1.807) is 0 Å². The molecular weight excluding hydrogens is 478 g/mol. The molecule has 0 radical (unpaired) electrons. The van der Waals surface area contributed by atoms with Gasteiger partial charge in [-0.1, -0.05) is 48.5 Å². The summed E-state index contributed by atoms with van der Waals surface area (Å²) in [4.78, 5) is 20.6. The summed E-state index contributed by atoms with van der Waals surface area (Å²) in [6.45, 7) is 8.41. The van der Waals surface area contributed by atoms with Gasteiger partial charge in [0.15, 0.2) is 0 Å². The average molecular weight is 514 g/mol. The van der Waals surface area contributed by atoms with Gasteiger partial charge in [-0.2, -0.15) is 0 Å². The quantitative estimate of drug-likeness (QED) is 0.510. The Hall–Kier alpha value is -3.29. The molecule has 2 aromatic carbocycles. The van der Waals surface area contributed by atoms with Crippen LogP contribution in [0.5, 0.6) is 0 Å². The summed E-state index contributed by atoms with van der Waals surface area (Å²) in [5, 5.41) is 8.07. The third kappa shape index (κ3) is 5.24. The van der Waals surface area contributed by atoms with Crippen LogP contribution in [-0.2, 0) is 6.42 Å². The van der Waals surface area contributed by atoms with Crippen molar-refractivity contribution in [3.8, 4) is 0 Å². The van der Waals surface area contributed by atoms with Gasteiger partial charge in [0, 0.05) is 72.2 Å². The van der Waals surface area contributed by atoms with Gasteiger partial charge in [0.1, 0.15) is 5.82 Å². The van der Waals surface area contributed by atoms with Crippen LogP contribution >= 0.6 is 11.3 Å². The maximum Gasteiger partial charge on any atom is 0.317 e. The zero-order valence-electron chi connectivity index (χ0n) is 21.5. The molecule has 1 aromatic heterocycles. The molecule has 0 bridgehead atoms. The molecule has 6 rings (SSSR count). The van der Waals surface area contributed by atoms with Gasteiger partial charge in [0.2, 0.25) is 0 Å². The van der Waals surface area contributed by atoms with E-state index in [1.807, 2.05) is 16.2 Å². The van der Waals surface area contributed by atoms with Gasteiger partial charge in [-0.15, -0.1) is 11.3 Å². The first kappa shape index (κ1) is 24.1. The van der Waals surface area contributed by atoms with Crippen molar-refractivity contribution in [2.75, 3.05) is 51.1 Å². The minimum Gasteiger partial charge on any atom is -0.355 e. The van der Waals surface area contributed by atoms with E-state index in [1.165, 1.54) is 37.3 Å². The topological polar surface area (TPSA) is 50.9 Å². The standard InChI is InChI=1S/C30H35N5OS/c1-22-19-26-28(37-22)20-24-9-5-6-10-27(24)32-29(26)35-18-16-33(15-17-34-14-13-31-30(34)36)25(21-35)12-11-23-7-3-2-4-8-23/h2-10,19-20,25,32H,11-18,21H2,1H3,(H,31,36). The van der Waals surface area contributed by atoms with Crippen LogP contribution in [0.3, 0.4) is 0 Å². The molecule has 2 amide bonds. The first-order chi connectivity index (χ1) is 18.1. The number of para-hydroxylation sites is 1. The Labute approximate surface area is 222 Å². The van der Waals surface area contributed by atoms with E-state index >= 15 is 0 Å². The zero-order valence-corrected chi connectivity index (χ0v) is 22.3. The van der Waals surface area contributed by atoms with Gasteiger partial charge in [0.25, 0.3) is 0 Å². The molecule has 4 heterocycles. The number of rotatable bonds is 7. The molecule has 192 valence electrons. The number of carbonyl (C=O) groups excluding carboxylic acids is 1. The van der Waals surface area contributed by atoms with E-state index in [0.717, 1.165) is 58.7 Å². The molecule has 3 aliphatic rings. The Balaban J connectivity index is 1.26. The number of hydrogen-bond donors (Lipinski definition) is 2. The molecule has 3 aromatic rings. The van der Waals surface area contributed by atoms with Crippen molar-refractivity contribution in [3.63, 3.8) is 0 Å². The van der Waals surface area contributed by atoms with Crippen LogP contribution in [0.2, 0.25) is 0 Å². The number of nitrogens with one attached hydrogen (secondary N) is 2. The van der Waals surface area contributed by atoms with E-state index in [-0.39, 0.29) is 6.03 Å². The Kier molecular flexibility index (Phi) is 6.89. The molecule has 0 aliphatic carbocycles. The molecule has 2 saturated heterocycles. The van der Waals surface area contributed by atoms with E-state index in [4.69, 9.17) is 0 Å². The van der Waals surface area contributed by atoms with Crippen molar-refractivity contribution in [2.45, 2.75) is 25.8 Å². The number of urea groups is 1. The number of thiophene rings is 1. The molecule has 1 unspecified atom stereocenters. The molecule has 2 N–H and O–H groups in total. The molecule has 1 atom stereocenters. The minimum absolute atomic E-state index is 0.0768. The fourth-order valence-electron chi connectivity index (χ4n) is 5.76. The molecule has 6 nitrogen and oxygen atoms in total. The summed E-state index contributed by atoms with van der Waals surface area (Å²) < 4.78 is 1.33. The largest absolute Gasteiger partial charge is 0.355 e. The van der Waals surface area contributed by atoms with Gasteiger partial charge < -0.3 is 20.4 Å². The monoisotopic (exact) mass is 513 g/mol. The van der Waals surface area contributed by atoms with Gasteiger partial charge in [-0.05, 0) is 49.1 Å². The molecule has 3 aliphatic heterocycles. The number of nitrogens with zero attached hydrogens (tertiary/aromatic N) is 3. The van der Waals surface area contributed by atoms with Gasteiger partial charge in [0.05, 0.1) is 0 Å². The fourth-order valence-corrected chi connectivity index (χ4v) is 6.74. The maximum absolute atomic E-state index is 12.1. The summed E-state index contributed by atoms with van der Waals surface area (Å²) in [6, 6.07) is 22.2. The van der Waals surface area contributed by atoms with Crippen LogP contribution in [0.4, 0.5) is 10.5 Å². The van der Waals surface area contributed by atoms with Crippen molar-refractivity contribution in [2.24, 2.45) is 0 Å². The Morgan fingerprint density at radius 2 is 1.84 bits per heavy atom. The van der Waals surface area contributed by atoms with Crippen molar-refractivity contribution in [1.29, 1.82) is 0 Å². The second-order valence-electron chi connectivity index (χ2n) is 10.2. The summed E-state index contributed by atoms with van der Waals surface area (Å²) in [6.07, 6.45) is 4.48. The Morgan fingerprint density at radius 3 is 2.68 bits per heavy atom. The van der Waals surface area contributed by atoms with Gasteiger partial charge in [-0.25, -0.2) is 4.79 Å². The van der Waals surface area contributed by atoms with E-state index in [2.05, 4.69) is 94.1 Å². The third-order valence-electron chi connectivity index (χ3n) is 7.77. The van der Waals surface area contributed by atoms with E-state index < -0.39 is 0 Å². The second kappa shape index (κ2) is 10.6. The normalized spacial score (nSPS) is 19.5. The molecule has 0 saturated carbocycles. The van der Waals surface area contributed by atoms with Crippen LogP contribution in [-0.4, -0.2) is 72.6 Å². The molecule has 37 heavy (non-hydrogen) atoms. The molecule has 0 spiro atoms. The fraction of sp³-hybridized carbons (Fsp3) is 0.367. The number of benzene rings is 2. The lowest BCUT2D eigenvalue weighted by Crippen LogP contribution is -2.55. The summed E-state index contributed by atoms with van der Waals surface area (Å²) in [7, 11) is 0. The predicted octanol–water partition coefficient (Wildman–Crippen LogP) is 3.02. The number of anilines is 1. The first-order valence-corrected chi connectivity index (χ1v) is 14.2. The van der Waals surface area contributed by atoms with Crippen LogP contribution in [0.25, 0.3) is 11.9 Å². The van der Waals surface area contributed by atoms with Crippen molar-refractivity contribution >= 4 is 35.0 Å². The number of hydrogen-bond acceptors (Lipinski definition) is 5. The van der Waals surface area contributed by atoms with Crippen molar-refractivity contribution < 1.29 is 4.79 Å². The highest BCUT2D eigenvalue weighted by Gasteiger charge is 2.30. The molecular formula is C30H35N5OS. The smallest absolute Gasteiger partial charge is 0.317 e. The Morgan fingerprint density at radius 1 is 1.00 bits per heavy atom. The lowest BCUT2D eigenvalue weighted by molar-refractivity contribution is 0.0930. The predicted molar refractivity (Wildman–Crippen MR) is 152 cm³/mol. The van der Waals surface area contributed by atoms with Crippen LogP contribution in [0.15, 0.2) is 60.7 Å². The highest BCUT2D eigenvalue weighted by Crippen LogP contribution is 2.25. The second-order valence-corrected chi connectivity index (χ2v) is 11.5. The van der Waals surface area contributed by atoms with Crippen LogP contribution in [0, 0.1) is 6.92 Å². The number of carbonyl (C=O) groups is 1. The van der Waals surface area contributed by atoms with Gasteiger partial charge >= 0.3 is 6.03 Å². The zero-order chi connectivity index (χ0) is 25.2. The van der Waals surface area contributed by atoms with Crippen LogP contribution in [0.1, 0.15) is 22.4 Å². The lowest BCUT2D eigenvalue weighted by atomic mass is 10.0. The SMILES string of the molecule is Cc1cc2c(s1)=Cc1ccccc1NC=2N1CCN(CCN2CCNC2=O)C(CCc2ccccc2)C1. The number of amides is 2. The minimum atomic E-state index is 0.0768. The summed E-state index contributed by atoms with van der Waals surface area (Å²) in [5.74, 6) is 1.23. The number of piperazine rings is 1. The maximum atomic E-state index is 12.1. The van der Waals surface area contributed by atoms with Crippen LogP contribution < -0.4 is 20.4 Å². The van der Waals surface area contributed by atoms with E-state index in [9.17, 15) is 4.79 Å². The van der Waals surface area contributed by atoms with Crippen molar-refractivity contribution in [3.05, 3.63) is 86.4 Å². The number of aryl methyl sites for hydroxylation is 2. The highest BCUT2D eigenvalue weighted by atomic mass is 32.1. The highest BCUT2D eigenvalue weighted by molar-refractivity contribution is 7.09. The molecule has 2 fully saturated rings. The molecule has 7 heteroatoms. The van der Waals surface area contributed by atoms with Gasteiger partial charge in [-0.3, -0.25) is 4.90 Å². The van der Waals surface area contributed by atoms with Crippen molar-refractivity contribution in [1.82, 2.24) is 20.0 Å². The average Bonchev–Trinajstić information content (AvgIpc) is 3.46. The first-order valence-electron chi connectivity index (χ1n) is 13.4. The Bertz CT molecular complexity index is 1380. The van der Waals surface area contributed by atoms with E-state index in [0.29, 0.717) is 6.04 Å². The summed E-state index contributed by atoms with van der Waals surface area (Å²) >= 11 is 1.87. The lowest BCUT2D eigenvalue weighted by Gasteiger charge is -2.44. The number of fused-ring (bicyclic) bond motifs is 2. The summed E-state index contributed by atoms with van der Waals surface area (Å²) in [5.41, 5.74) is 3.80.